The van der Waals surface area contributed by atoms with Crippen molar-refractivity contribution in [2.45, 2.75) is 90.0 Å². The first kappa shape index (κ1) is 22.8. The first-order chi connectivity index (χ1) is 12.1. The van der Waals surface area contributed by atoms with Crippen LogP contribution in [-0.4, -0.2) is 32.8 Å². The van der Waals surface area contributed by atoms with Crippen LogP contribution >= 0.6 is 0 Å². The van der Waals surface area contributed by atoms with Gasteiger partial charge in [0.1, 0.15) is 6.61 Å². The topological polar surface area (TPSA) is 52.6 Å². The maximum Gasteiger partial charge on any atom is 0.306 e. The van der Waals surface area contributed by atoms with E-state index in [1.807, 2.05) is 0 Å². The molecular weight excluding hydrogens is 344 g/mol. The van der Waals surface area contributed by atoms with E-state index in [-0.39, 0.29) is 29.5 Å². The van der Waals surface area contributed by atoms with Gasteiger partial charge in [0.2, 0.25) is 0 Å². The highest BCUT2D eigenvalue weighted by atomic mass is 28.4. The van der Waals surface area contributed by atoms with Gasteiger partial charge in [-0.25, -0.2) is 0 Å². The fraction of sp³-hybridized carbons (Fsp3) is 0.714. The Morgan fingerprint density at radius 2 is 1.92 bits per heavy atom. The molecule has 0 spiro atoms. The van der Waals surface area contributed by atoms with Gasteiger partial charge < -0.3 is 9.16 Å². The van der Waals surface area contributed by atoms with Gasteiger partial charge in [-0.15, -0.1) is 0 Å². The van der Waals surface area contributed by atoms with E-state index in [0.717, 1.165) is 37.7 Å². The van der Waals surface area contributed by atoms with Crippen molar-refractivity contribution in [2.75, 3.05) is 6.61 Å². The molecule has 0 amide bonds. The second-order valence-corrected chi connectivity index (χ2v) is 13.4. The number of allylic oxidation sites excluding steroid dienone is 1. The van der Waals surface area contributed by atoms with Crippen molar-refractivity contribution in [1.82, 2.24) is 0 Å². The largest absolute Gasteiger partial charge is 0.461 e. The number of carbonyl (C=O) groups is 2. The van der Waals surface area contributed by atoms with Crippen LogP contribution in [0.5, 0.6) is 0 Å². The molecule has 0 aliphatic heterocycles. The maximum atomic E-state index is 12.2. The molecule has 1 aliphatic carbocycles. The third-order valence-corrected chi connectivity index (χ3v) is 9.83. The van der Waals surface area contributed by atoms with Crippen LogP contribution in [-0.2, 0) is 18.8 Å². The zero-order valence-electron chi connectivity index (χ0n) is 17.2. The minimum absolute atomic E-state index is 0.0435. The van der Waals surface area contributed by atoms with Crippen LogP contribution in [0.1, 0.15) is 65.7 Å². The average molecular weight is 381 g/mol. The zero-order chi connectivity index (χ0) is 19.8. The number of hydrogen-bond donors (Lipinski definition) is 0. The minimum Gasteiger partial charge on any atom is -0.461 e. The number of esters is 1. The molecule has 0 aromatic carbocycles. The van der Waals surface area contributed by atoms with Crippen LogP contribution in [0, 0.1) is 0 Å². The van der Waals surface area contributed by atoms with Crippen LogP contribution in [0.2, 0.25) is 18.1 Å². The monoisotopic (exact) mass is 380 g/mol. The Morgan fingerprint density at radius 1 is 1.27 bits per heavy atom. The van der Waals surface area contributed by atoms with Gasteiger partial charge in [0.05, 0.1) is 6.10 Å². The van der Waals surface area contributed by atoms with Crippen molar-refractivity contribution >= 4 is 20.1 Å². The zero-order valence-corrected chi connectivity index (χ0v) is 18.2. The Labute approximate surface area is 160 Å². The smallest absolute Gasteiger partial charge is 0.306 e. The van der Waals surface area contributed by atoms with Crippen LogP contribution in [0.15, 0.2) is 24.3 Å². The summed E-state index contributed by atoms with van der Waals surface area (Å²) in [5.41, 5.74) is 0.930. The van der Waals surface area contributed by atoms with Crippen LogP contribution in [0.3, 0.4) is 0 Å². The highest BCUT2D eigenvalue weighted by Gasteiger charge is 2.40. The second kappa shape index (κ2) is 10.2. The molecule has 0 radical (unpaired) electrons. The van der Waals surface area contributed by atoms with Crippen molar-refractivity contribution in [1.29, 1.82) is 0 Å². The number of ether oxygens (including phenoxy) is 1. The Bertz CT molecular complexity index is 529. The Morgan fingerprint density at radius 3 is 2.54 bits per heavy atom. The van der Waals surface area contributed by atoms with Gasteiger partial charge >= 0.3 is 5.97 Å². The lowest BCUT2D eigenvalue weighted by atomic mass is 10.0. The highest BCUT2D eigenvalue weighted by Crippen LogP contribution is 2.39. The molecule has 5 heteroatoms. The van der Waals surface area contributed by atoms with Crippen molar-refractivity contribution in [3.63, 3.8) is 0 Å². The van der Waals surface area contributed by atoms with Gasteiger partial charge in [-0.1, -0.05) is 46.3 Å². The number of unbranched alkanes of at least 4 members (excludes halogenated alkanes) is 3. The van der Waals surface area contributed by atoms with Crippen molar-refractivity contribution in [3.05, 3.63) is 24.3 Å². The Hall–Kier alpha value is -1.20. The molecule has 0 aromatic heterocycles. The summed E-state index contributed by atoms with van der Waals surface area (Å²) in [5, 5.41) is 0.152. The van der Waals surface area contributed by atoms with Crippen molar-refractivity contribution in [3.8, 4) is 0 Å². The molecule has 0 fully saturated rings. The average Bonchev–Trinajstić information content (AvgIpc) is 2.86. The fourth-order valence-corrected chi connectivity index (χ4v) is 3.97. The third kappa shape index (κ3) is 7.58. The lowest BCUT2D eigenvalue weighted by Gasteiger charge is -2.37. The molecule has 0 N–H and O–H groups in total. The van der Waals surface area contributed by atoms with Gasteiger partial charge in [0.15, 0.2) is 14.1 Å². The summed E-state index contributed by atoms with van der Waals surface area (Å²) in [7, 11) is -1.85. The SMILES string of the molecule is C=CCOC(=O)CCCCCCC1=C[C@H](O[Si](C)(C)C(C)(C)C)CC1=O. The Balaban J connectivity index is 2.29. The van der Waals surface area contributed by atoms with Crippen molar-refractivity contribution < 1.29 is 18.8 Å². The predicted octanol–water partition coefficient (Wildman–Crippen LogP) is 5.35. The molecule has 26 heavy (non-hydrogen) atoms. The molecule has 1 atom stereocenters. The van der Waals surface area contributed by atoms with E-state index < -0.39 is 8.32 Å². The van der Waals surface area contributed by atoms with E-state index in [9.17, 15) is 9.59 Å². The predicted molar refractivity (Wildman–Crippen MR) is 109 cm³/mol. The van der Waals surface area contributed by atoms with E-state index in [1.165, 1.54) is 0 Å². The summed E-state index contributed by atoms with van der Waals surface area (Å²) in [6.07, 6.45) is 9.17. The lowest BCUT2D eigenvalue weighted by molar-refractivity contribution is -0.142. The van der Waals surface area contributed by atoms with Crippen LogP contribution in [0.4, 0.5) is 0 Å². The van der Waals surface area contributed by atoms with E-state index in [4.69, 9.17) is 9.16 Å². The fourth-order valence-electron chi connectivity index (χ4n) is 2.71. The summed E-state index contributed by atoms with van der Waals surface area (Å²) in [6.45, 7) is 14.9. The van der Waals surface area contributed by atoms with E-state index >= 15 is 0 Å². The lowest BCUT2D eigenvalue weighted by Crippen LogP contribution is -2.43. The van der Waals surface area contributed by atoms with Gasteiger partial charge in [-0.05, 0) is 49.0 Å². The molecule has 148 valence electrons. The van der Waals surface area contributed by atoms with Gasteiger partial charge in [0, 0.05) is 12.8 Å². The quantitative estimate of drug-likeness (QED) is 0.210. The number of carbonyl (C=O) groups excluding carboxylic acids is 2. The van der Waals surface area contributed by atoms with Crippen molar-refractivity contribution in [2.24, 2.45) is 0 Å². The standard InChI is InChI=1S/C21H36O4Si/c1-7-14-24-20(23)13-11-9-8-10-12-17-15-18(16-19(17)22)25-26(5,6)21(2,3)4/h7,15,18H,1,8-14,16H2,2-6H3/t18-/m0/s1. The van der Waals surface area contributed by atoms with E-state index in [2.05, 4.69) is 46.5 Å². The van der Waals surface area contributed by atoms with Gasteiger partial charge in [-0.3, -0.25) is 9.59 Å². The van der Waals surface area contributed by atoms with E-state index in [0.29, 0.717) is 12.8 Å². The summed E-state index contributed by atoms with van der Waals surface area (Å²) < 4.78 is 11.3. The van der Waals surface area contributed by atoms with Crippen LogP contribution < -0.4 is 0 Å². The number of Topliss-reactive ketones (excluding diaryl/α,β-unsaturated/α-hetero) is 1. The third-order valence-electron chi connectivity index (χ3n) is 5.32. The molecule has 1 aliphatic rings. The molecule has 0 saturated heterocycles. The summed E-state index contributed by atoms with van der Waals surface area (Å²) in [6, 6.07) is 0. The molecule has 0 aromatic rings. The molecule has 1 rings (SSSR count). The molecular formula is C21H36O4Si. The first-order valence-electron chi connectivity index (χ1n) is 9.75. The summed E-state index contributed by atoms with van der Waals surface area (Å²) in [5.74, 6) is 0.0749. The van der Waals surface area contributed by atoms with Gasteiger partial charge in [-0.2, -0.15) is 0 Å². The molecule has 0 unspecified atom stereocenters. The number of hydrogen-bond acceptors (Lipinski definition) is 4. The normalized spacial score (nSPS) is 18.0. The summed E-state index contributed by atoms with van der Waals surface area (Å²) in [4.78, 5) is 23.6. The minimum atomic E-state index is -1.85. The molecule has 4 nitrogen and oxygen atoms in total. The number of ketones is 1. The second-order valence-electron chi connectivity index (χ2n) is 8.62. The highest BCUT2D eigenvalue weighted by molar-refractivity contribution is 6.74. The van der Waals surface area contributed by atoms with Gasteiger partial charge in [0.25, 0.3) is 0 Å². The van der Waals surface area contributed by atoms with E-state index in [1.54, 1.807) is 6.08 Å². The molecule has 0 saturated carbocycles. The maximum absolute atomic E-state index is 12.2. The first-order valence-corrected chi connectivity index (χ1v) is 12.7. The van der Waals surface area contributed by atoms with Crippen LogP contribution in [0.25, 0.3) is 0 Å². The molecule has 0 heterocycles. The molecule has 0 bridgehead atoms. The number of rotatable bonds is 11. The Kier molecular flexibility index (Phi) is 8.97. The summed E-state index contributed by atoms with van der Waals surface area (Å²) >= 11 is 0.